The molecule has 0 spiro atoms. The first-order valence-corrected chi connectivity index (χ1v) is 7.00. The summed E-state index contributed by atoms with van der Waals surface area (Å²) in [5.41, 5.74) is 0. The van der Waals surface area contributed by atoms with Gasteiger partial charge < -0.3 is 15.0 Å². The van der Waals surface area contributed by atoms with Crippen LogP contribution in [-0.2, 0) is 4.79 Å². The zero-order chi connectivity index (χ0) is 13.5. The maximum Gasteiger partial charge on any atom is 0.230 e. The second-order valence-corrected chi connectivity index (χ2v) is 5.21. The minimum Gasteiger partial charge on any atom is -0.391 e. The van der Waals surface area contributed by atoms with E-state index in [0.29, 0.717) is 13.0 Å². The van der Waals surface area contributed by atoms with Crippen LogP contribution in [0.3, 0.4) is 0 Å². The van der Waals surface area contributed by atoms with Crippen LogP contribution in [0.4, 0.5) is 0 Å². The average Bonchev–Trinajstić information content (AvgIpc) is 2.81. The Balaban J connectivity index is 2.36. The van der Waals surface area contributed by atoms with E-state index in [1.165, 1.54) is 11.8 Å². The second-order valence-electron chi connectivity index (χ2n) is 4.27. The SMILES string of the molecule is CCC(O)CNC(=O)CSc1nncn1C(C)C. The summed E-state index contributed by atoms with van der Waals surface area (Å²) in [5, 5.41) is 20.5. The molecule has 0 saturated carbocycles. The molecule has 0 aromatic carbocycles. The van der Waals surface area contributed by atoms with Crippen LogP contribution in [0.15, 0.2) is 11.5 Å². The van der Waals surface area contributed by atoms with Gasteiger partial charge in [0, 0.05) is 12.6 Å². The zero-order valence-corrected chi connectivity index (χ0v) is 11.8. The first-order chi connectivity index (χ1) is 8.54. The van der Waals surface area contributed by atoms with Crippen LogP contribution in [0.5, 0.6) is 0 Å². The summed E-state index contributed by atoms with van der Waals surface area (Å²) in [6.07, 6.45) is 1.82. The molecule has 1 atom stereocenters. The Bertz CT molecular complexity index is 381. The molecular formula is C11H20N4O2S. The Kier molecular flexibility index (Phi) is 6.14. The van der Waals surface area contributed by atoms with Crippen LogP contribution in [0.25, 0.3) is 0 Å². The largest absolute Gasteiger partial charge is 0.391 e. The second kappa shape index (κ2) is 7.38. The summed E-state index contributed by atoms with van der Waals surface area (Å²) in [6.45, 7) is 6.24. The minimum atomic E-state index is -0.474. The first kappa shape index (κ1) is 15.0. The molecule has 0 fully saturated rings. The molecule has 0 aliphatic rings. The normalized spacial score (nSPS) is 12.7. The smallest absolute Gasteiger partial charge is 0.230 e. The van der Waals surface area contributed by atoms with Gasteiger partial charge in [-0.1, -0.05) is 18.7 Å². The maximum absolute atomic E-state index is 11.5. The summed E-state index contributed by atoms with van der Waals surface area (Å²) < 4.78 is 1.92. The predicted octanol–water partition coefficient (Wildman–Crippen LogP) is 0.838. The maximum atomic E-state index is 11.5. The zero-order valence-electron chi connectivity index (χ0n) is 11.0. The molecule has 1 aromatic heterocycles. The lowest BCUT2D eigenvalue weighted by atomic mass is 10.3. The van der Waals surface area contributed by atoms with Gasteiger partial charge >= 0.3 is 0 Å². The van der Waals surface area contributed by atoms with Gasteiger partial charge in [-0.15, -0.1) is 10.2 Å². The molecule has 1 rings (SSSR count). The molecule has 0 saturated heterocycles. The van der Waals surface area contributed by atoms with Gasteiger partial charge in [-0.25, -0.2) is 0 Å². The molecule has 0 bridgehead atoms. The van der Waals surface area contributed by atoms with Gasteiger partial charge in [0.2, 0.25) is 5.91 Å². The van der Waals surface area contributed by atoms with E-state index in [4.69, 9.17) is 0 Å². The average molecular weight is 272 g/mol. The fourth-order valence-electron chi connectivity index (χ4n) is 1.25. The fraction of sp³-hybridized carbons (Fsp3) is 0.727. The number of amides is 1. The summed E-state index contributed by atoms with van der Waals surface area (Å²) in [6, 6.07) is 0.271. The van der Waals surface area contributed by atoms with E-state index in [2.05, 4.69) is 15.5 Å². The highest BCUT2D eigenvalue weighted by Crippen LogP contribution is 2.18. The van der Waals surface area contributed by atoms with Crippen LogP contribution in [-0.4, -0.2) is 44.2 Å². The first-order valence-electron chi connectivity index (χ1n) is 6.01. The third-order valence-corrected chi connectivity index (χ3v) is 3.39. The number of nitrogens with one attached hydrogen (secondary N) is 1. The lowest BCUT2D eigenvalue weighted by Gasteiger charge is -2.10. The molecule has 0 radical (unpaired) electrons. The van der Waals surface area contributed by atoms with Crippen molar-refractivity contribution in [3.63, 3.8) is 0 Å². The molecule has 1 aromatic rings. The lowest BCUT2D eigenvalue weighted by molar-refractivity contribution is -0.119. The highest BCUT2D eigenvalue weighted by molar-refractivity contribution is 7.99. The van der Waals surface area contributed by atoms with E-state index < -0.39 is 6.10 Å². The number of hydrogen-bond donors (Lipinski definition) is 2. The molecule has 0 aliphatic heterocycles. The summed E-state index contributed by atoms with van der Waals surface area (Å²) in [5.74, 6) is 0.174. The Morgan fingerprint density at radius 3 is 2.94 bits per heavy atom. The van der Waals surface area contributed by atoms with E-state index in [9.17, 15) is 9.90 Å². The standard InChI is InChI=1S/C11H20N4O2S/c1-4-9(16)5-12-10(17)6-18-11-14-13-7-15(11)8(2)3/h7-9,16H,4-6H2,1-3H3,(H,12,17). The van der Waals surface area contributed by atoms with E-state index in [0.717, 1.165) is 5.16 Å². The van der Waals surface area contributed by atoms with Crippen LogP contribution >= 0.6 is 11.8 Å². The molecule has 1 heterocycles. The number of hydrogen-bond acceptors (Lipinski definition) is 5. The molecule has 18 heavy (non-hydrogen) atoms. The Morgan fingerprint density at radius 1 is 1.61 bits per heavy atom. The van der Waals surface area contributed by atoms with Crippen LogP contribution in [0.2, 0.25) is 0 Å². The number of thioether (sulfide) groups is 1. The minimum absolute atomic E-state index is 0.106. The third-order valence-electron chi connectivity index (χ3n) is 2.44. The summed E-state index contributed by atoms with van der Waals surface area (Å²) >= 11 is 1.35. The topological polar surface area (TPSA) is 80.0 Å². The van der Waals surface area contributed by atoms with Crippen molar-refractivity contribution in [2.75, 3.05) is 12.3 Å². The molecular weight excluding hydrogens is 252 g/mol. The fourth-order valence-corrected chi connectivity index (χ4v) is 2.12. The number of aliphatic hydroxyl groups excluding tert-OH is 1. The highest BCUT2D eigenvalue weighted by Gasteiger charge is 2.11. The van der Waals surface area contributed by atoms with Crippen molar-refractivity contribution in [1.29, 1.82) is 0 Å². The molecule has 6 nitrogen and oxygen atoms in total. The molecule has 0 aliphatic carbocycles. The van der Waals surface area contributed by atoms with Crippen molar-refractivity contribution in [1.82, 2.24) is 20.1 Å². The van der Waals surface area contributed by atoms with Crippen molar-refractivity contribution < 1.29 is 9.90 Å². The van der Waals surface area contributed by atoms with Gasteiger partial charge in [0.1, 0.15) is 6.33 Å². The quantitative estimate of drug-likeness (QED) is 0.719. The van der Waals surface area contributed by atoms with Crippen LogP contribution in [0, 0.1) is 0 Å². The summed E-state index contributed by atoms with van der Waals surface area (Å²) in [7, 11) is 0. The van der Waals surface area contributed by atoms with Crippen LogP contribution < -0.4 is 5.32 Å². The number of nitrogens with zero attached hydrogens (tertiary/aromatic N) is 3. The number of carbonyl (C=O) groups is 1. The van der Waals surface area contributed by atoms with Crippen molar-refractivity contribution in [2.45, 2.75) is 44.5 Å². The predicted molar refractivity (Wildman–Crippen MR) is 70.4 cm³/mol. The van der Waals surface area contributed by atoms with Gasteiger partial charge in [0.25, 0.3) is 0 Å². The number of aromatic nitrogens is 3. The van der Waals surface area contributed by atoms with Gasteiger partial charge in [-0.05, 0) is 20.3 Å². The van der Waals surface area contributed by atoms with Crippen molar-refractivity contribution in [3.05, 3.63) is 6.33 Å². The van der Waals surface area contributed by atoms with E-state index >= 15 is 0 Å². The van der Waals surface area contributed by atoms with Crippen molar-refractivity contribution >= 4 is 17.7 Å². The van der Waals surface area contributed by atoms with Gasteiger partial charge in [-0.3, -0.25) is 4.79 Å². The van der Waals surface area contributed by atoms with E-state index in [1.54, 1.807) is 6.33 Å². The molecule has 1 amide bonds. The molecule has 7 heteroatoms. The number of carbonyl (C=O) groups excluding carboxylic acids is 1. The summed E-state index contributed by atoms with van der Waals surface area (Å²) in [4.78, 5) is 11.5. The highest BCUT2D eigenvalue weighted by atomic mass is 32.2. The van der Waals surface area contributed by atoms with Gasteiger partial charge in [0.15, 0.2) is 5.16 Å². The van der Waals surface area contributed by atoms with E-state index in [-0.39, 0.29) is 17.7 Å². The van der Waals surface area contributed by atoms with Crippen molar-refractivity contribution in [2.24, 2.45) is 0 Å². The molecule has 102 valence electrons. The number of aliphatic hydroxyl groups is 1. The number of rotatable bonds is 7. The Hall–Kier alpha value is -1.08. The van der Waals surface area contributed by atoms with Crippen LogP contribution in [0.1, 0.15) is 33.2 Å². The lowest BCUT2D eigenvalue weighted by Crippen LogP contribution is -2.32. The van der Waals surface area contributed by atoms with Gasteiger partial charge in [-0.2, -0.15) is 0 Å². The monoisotopic (exact) mass is 272 g/mol. The Labute approximate surface area is 111 Å². The molecule has 1 unspecified atom stereocenters. The van der Waals surface area contributed by atoms with Gasteiger partial charge in [0.05, 0.1) is 11.9 Å². The third kappa shape index (κ3) is 4.66. The van der Waals surface area contributed by atoms with E-state index in [1.807, 2.05) is 25.3 Å². The Morgan fingerprint density at radius 2 is 2.33 bits per heavy atom. The molecule has 2 N–H and O–H groups in total. The van der Waals surface area contributed by atoms with Crippen molar-refractivity contribution in [3.8, 4) is 0 Å².